The fourth-order valence-electron chi connectivity index (χ4n) is 0.0478. The molecule has 0 bridgehead atoms. The normalized spacial score (nSPS) is 5.36. The number of nitrogens with two attached hydrogens (primary N) is 1. The van der Waals surface area contributed by atoms with E-state index in [0.717, 1.165) is 0 Å². The number of aliphatic hydroxyl groups excluding tert-OH is 2. The quantitative estimate of drug-likeness (QED) is 0.174. The van der Waals surface area contributed by atoms with Crippen LogP contribution in [0.2, 0.25) is 0 Å². The Hall–Kier alpha value is -0.130. The molecule has 11 heavy (non-hydrogen) atoms. The molecule has 0 radical (unpaired) electrons. The van der Waals surface area contributed by atoms with Gasteiger partial charge in [-0.05, 0) is 24.4 Å². The van der Waals surface area contributed by atoms with Crippen LogP contribution in [0.25, 0.3) is 0 Å². The molecule has 0 saturated carbocycles. The Kier molecular flexibility index (Phi) is 19.5. The molecule has 8 heteroatoms. The molecule has 0 amide bonds. The summed E-state index contributed by atoms with van der Waals surface area (Å²) in [6.07, 6.45) is 1.43. The monoisotopic (exact) mass is 203 g/mol. The number of hydrogen-bond donors (Lipinski definition) is 4. The zero-order valence-electron chi connectivity index (χ0n) is 4.74. The maximum absolute atomic E-state index is 7.95. The summed E-state index contributed by atoms with van der Waals surface area (Å²) in [6, 6.07) is 0. The van der Waals surface area contributed by atoms with E-state index in [0.29, 0.717) is 0 Å². The number of thiocarbonyl (C=S) groups is 2. The van der Waals surface area contributed by atoms with E-state index < -0.39 is 10.3 Å². The molecule has 0 unspecified atom stereocenters. The Labute approximate surface area is 96.5 Å². The predicted molar refractivity (Wildman–Crippen MR) is 50.5 cm³/mol. The van der Waals surface area contributed by atoms with Crippen LogP contribution in [0, 0.1) is 11.5 Å². The van der Waals surface area contributed by atoms with Crippen molar-refractivity contribution in [2.45, 2.75) is 0 Å². The van der Waals surface area contributed by atoms with E-state index in [9.17, 15) is 0 Å². The van der Waals surface area contributed by atoms with Crippen LogP contribution >= 0.6 is 24.4 Å². The summed E-state index contributed by atoms with van der Waals surface area (Å²) < 4.78 is 0. The van der Waals surface area contributed by atoms with Gasteiger partial charge in [-0.1, -0.05) is 0 Å². The molecule has 5 nitrogen and oxygen atoms in total. The minimum atomic E-state index is -0.500. The first-order valence-corrected chi connectivity index (χ1v) is 2.68. The number of aliphatic hydroxyl groups is 2. The van der Waals surface area contributed by atoms with E-state index in [1.54, 1.807) is 5.32 Å². The minimum absolute atomic E-state index is 0. The van der Waals surface area contributed by atoms with Gasteiger partial charge in [-0.2, -0.15) is 5.26 Å². The van der Waals surface area contributed by atoms with Gasteiger partial charge in [0.1, 0.15) is 0 Å². The standard InChI is InChI=1S/C2H2N2OS.CH3NOS.Na.H/c3-1-4-2(5)6;2-1(3)4;;/h(H2,4,5,6);(H3,2,3,4);;. The van der Waals surface area contributed by atoms with Crippen molar-refractivity contribution in [2.75, 3.05) is 0 Å². The van der Waals surface area contributed by atoms with Crippen molar-refractivity contribution >= 4 is 64.3 Å². The van der Waals surface area contributed by atoms with Crippen molar-refractivity contribution in [3.63, 3.8) is 0 Å². The van der Waals surface area contributed by atoms with E-state index in [1.165, 1.54) is 6.19 Å². The summed E-state index contributed by atoms with van der Waals surface area (Å²) in [5.74, 6) is 0. The molecule has 5 N–H and O–H groups in total. The summed E-state index contributed by atoms with van der Waals surface area (Å²) in [7, 11) is 0. The summed E-state index contributed by atoms with van der Waals surface area (Å²) in [4.78, 5) is 0. The van der Waals surface area contributed by atoms with Crippen molar-refractivity contribution in [2.24, 2.45) is 5.73 Å². The average Bonchev–Trinajstić information content (AvgIpc) is 1.62. The van der Waals surface area contributed by atoms with Crippen molar-refractivity contribution in [1.82, 2.24) is 5.32 Å². The first kappa shape index (κ1) is 17.1. The van der Waals surface area contributed by atoms with Gasteiger partial charge in [-0.3, -0.25) is 5.32 Å². The number of nitriles is 1. The van der Waals surface area contributed by atoms with Crippen LogP contribution in [0.5, 0.6) is 0 Å². The van der Waals surface area contributed by atoms with Gasteiger partial charge in [0.05, 0.1) is 0 Å². The van der Waals surface area contributed by atoms with Crippen LogP contribution in [0.1, 0.15) is 0 Å². The van der Waals surface area contributed by atoms with Gasteiger partial charge in [0.2, 0.25) is 0 Å². The Morgan fingerprint density at radius 1 is 1.45 bits per heavy atom. The molecule has 0 heterocycles. The third kappa shape index (κ3) is 74.2. The molecule has 0 aliphatic heterocycles. The first-order valence-electron chi connectivity index (χ1n) is 1.87. The second kappa shape index (κ2) is 12.5. The molecule has 0 aromatic heterocycles. The summed E-state index contributed by atoms with van der Waals surface area (Å²) >= 11 is 7.89. The van der Waals surface area contributed by atoms with Gasteiger partial charge in [-0.25, -0.2) is 0 Å². The second-order valence-electron chi connectivity index (χ2n) is 0.880. The van der Waals surface area contributed by atoms with Gasteiger partial charge in [0.15, 0.2) is 6.19 Å². The number of nitrogens with one attached hydrogen (secondary N) is 1. The third-order valence-corrected chi connectivity index (χ3v) is 0.265. The molecule has 0 aromatic carbocycles. The Balaban J connectivity index is -0.000000114. The fraction of sp³-hybridized carbons (Fsp3) is 0. The summed E-state index contributed by atoms with van der Waals surface area (Å²) in [5.41, 5.74) is 4.40. The predicted octanol–water partition coefficient (Wildman–Crippen LogP) is -0.961. The zero-order chi connectivity index (χ0) is 8.57. The van der Waals surface area contributed by atoms with Crippen molar-refractivity contribution in [1.29, 1.82) is 5.26 Å². The van der Waals surface area contributed by atoms with Gasteiger partial charge >= 0.3 is 29.6 Å². The Morgan fingerprint density at radius 3 is 1.73 bits per heavy atom. The summed E-state index contributed by atoms with van der Waals surface area (Å²) in [5, 5.41) is 24.0. The molecule has 0 aliphatic rings. The van der Waals surface area contributed by atoms with Gasteiger partial charge in [-0.15, -0.1) is 0 Å². The molecule has 0 spiro atoms. The fourth-order valence-corrected chi connectivity index (χ4v) is 0.0935. The average molecular weight is 203 g/mol. The van der Waals surface area contributed by atoms with Crippen LogP contribution in [0.4, 0.5) is 0 Å². The van der Waals surface area contributed by atoms with Gasteiger partial charge < -0.3 is 15.9 Å². The second-order valence-corrected chi connectivity index (χ2v) is 1.69. The number of rotatable bonds is 0. The molecule has 0 rings (SSSR count). The van der Waals surface area contributed by atoms with E-state index in [-0.39, 0.29) is 29.6 Å². The SMILES string of the molecule is N#CNC(O)=S.NC(O)=S.[NaH]. The van der Waals surface area contributed by atoms with Crippen molar-refractivity contribution < 1.29 is 10.2 Å². The number of hydrogen-bond acceptors (Lipinski definition) is 3. The molecular formula is C3H6N3NaO2S2. The van der Waals surface area contributed by atoms with E-state index in [4.69, 9.17) is 15.5 Å². The molecule has 0 aliphatic carbocycles. The first-order chi connectivity index (χ1) is 4.50. The molecule has 0 aromatic rings. The van der Waals surface area contributed by atoms with Crippen molar-refractivity contribution in [3.8, 4) is 6.19 Å². The van der Waals surface area contributed by atoms with Crippen LogP contribution in [-0.2, 0) is 0 Å². The number of nitrogens with zero attached hydrogens (tertiary/aromatic N) is 1. The molecule has 0 fully saturated rings. The van der Waals surface area contributed by atoms with Crippen molar-refractivity contribution in [3.05, 3.63) is 0 Å². The summed E-state index contributed by atoms with van der Waals surface area (Å²) in [6.45, 7) is 0. The Morgan fingerprint density at radius 2 is 1.73 bits per heavy atom. The topological polar surface area (TPSA) is 102 Å². The van der Waals surface area contributed by atoms with Crippen LogP contribution in [0.15, 0.2) is 0 Å². The van der Waals surface area contributed by atoms with Gasteiger partial charge in [0, 0.05) is 0 Å². The molecule has 0 atom stereocenters. The third-order valence-electron chi connectivity index (χ3n) is 0.163. The Bertz CT molecular complexity index is 164. The van der Waals surface area contributed by atoms with E-state index in [1.807, 2.05) is 0 Å². The molecule has 58 valence electrons. The van der Waals surface area contributed by atoms with E-state index >= 15 is 0 Å². The van der Waals surface area contributed by atoms with E-state index in [2.05, 4.69) is 30.2 Å². The zero-order valence-corrected chi connectivity index (χ0v) is 6.37. The van der Waals surface area contributed by atoms with Crippen LogP contribution in [-0.4, -0.2) is 50.1 Å². The molecule has 0 saturated heterocycles. The van der Waals surface area contributed by atoms with Gasteiger partial charge in [0.25, 0.3) is 10.3 Å². The maximum atomic E-state index is 7.95. The van der Waals surface area contributed by atoms with Crippen LogP contribution < -0.4 is 11.1 Å². The molecular weight excluding hydrogens is 197 g/mol. The van der Waals surface area contributed by atoms with Crippen LogP contribution in [0.3, 0.4) is 0 Å².